The van der Waals surface area contributed by atoms with Crippen molar-refractivity contribution in [1.29, 1.82) is 0 Å². The number of aryl methyl sites for hydroxylation is 2. The Labute approximate surface area is 161 Å². The van der Waals surface area contributed by atoms with Crippen LogP contribution in [-0.2, 0) is 16.0 Å². The van der Waals surface area contributed by atoms with E-state index in [-0.39, 0.29) is 11.8 Å². The van der Waals surface area contributed by atoms with Crippen LogP contribution in [0.15, 0.2) is 36.4 Å². The summed E-state index contributed by atoms with van der Waals surface area (Å²) in [5.41, 5.74) is 5.20. The molecule has 0 radical (unpaired) electrons. The van der Waals surface area contributed by atoms with Crippen molar-refractivity contribution in [2.24, 2.45) is 0 Å². The van der Waals surface area contributed by atoms with Gasteiger partial charge in [0.2, 0.25) is 11.8 Å². The second kappa shape index (κ2) is 9.76. The van der Waals surface area contributed by atoms with Gasteiger partial charge in [-0.3, -0.25) is 9.59 Å². The molecule has 0 unspecified atom stereocenters. The lowest BCUT2D eigenvalue weighted by Crippen LogP contribution is -2.27. The number of benzene rings is 2. The van der Waals surface area contributed by atoms with Crippen molar-refractivity contribution in [3.05, 3.63) is 58.7 Å². The van der Waals surface area contributed by atoms with Gasteiger partial charge in [0.25, 0.3) is 0 Å². The van der Waals surface area contributed by atoms with E-state index in [2.05, 4.69) is 37.5 Å². The van der Waals surface area contributed by atoms with Crippen LogP contribution in [0.25, 0.3) is 0 Å². The van der Waals surface area contributed by atoms with Gasteiger partial charge in [0.05, 0.1) is 13.0 Å². The summed E-state index contributed by atoms with van der Waals surface area (Å²) in [5, 5.41) is 5.62. The molecule has 0 saturated carbocycles. The number of hydrogen-bond acceptors (Lipinski definition) is 3. The molecule has 5 heteroatoms. The molecule has 27 heavy (non-hydrogen) atoms. The highest BCUT2D eigenvalue weighted by Gasteiger charge is 2.06. The number of carbonyl (C=O) groups excluding carboxylic acids is 2. The number of amides is 2. The van der Waals surface area contributed by atoms with Crippen molar-refractivity contribution in [3.63, 3.8) is 0 Å². The van der Waals surface area contributed by atoms with Crippen molar-refractivity contribution >= 4 is 17.5 Å². The molecular weight excluding hydrogens is 340 g/mol. The summed E-state index contributed by atoms with van der Waals surface area (Å²) >= 11 is 0. The van der Waals surface area contributed by atoms with E-state index in [1.54, 1.807) is 12.1 Å². The van der Waals surface area contributed by atoms with Crippen LogP contribution in [0.1, 0.15) is 35.6 Å². The Morgan fingerprint density at radius 1 is 1.04 bits per heavy atom. The molecule has 2 rings (SSSR count). The minimum Gasteiger partial charge on any atom is -0.493 e. The predicted octanol–water partition coefficient (Wildman–Crippen LogP) is 3.70. The van der Waals surface area contributed by atoms with Gasteiger partial charge in [-0.15, -0.1) is 0 Å². The molecule has 2 aromatic rings. The van der Waals surface area contributed by atoms with E-state index >= 15 is 0 Å². The first-order chi connectivity index (χ1) is 12.8. The maximum atomic E-state index is 12.0. The molecule has 0 atom stereocenters. The third kappa shape index (κ3) is 6.77. The van der Waals surface area contributed by atoms with E-state index in [0.29, 0.717) is 19.6 Å². The third-order valence-electron chi connectivity index (χ3n) is 4.30. The Morgan fingerprint density at radius 2 is 1.74 bits per heavy atom. The van der Waals surface area contributed by atoms with E-state index in [1.165, 1.54) is 18.1 Å². The molecule has 144 valence electrons. The predicted molar refractivity (Wildman–Crippen MR) is 108 cm³/mol. The summed E-state index contributed by atoms with van der Waals surface area (Å²) in [6.45, 7) is 8.80. The minimum atomic E-state index is -0.112. The average molecular weight is 368 g/mol. The van der Waals surface area contributed by atoms with Gasteiger partial charge < -0.3 is 15.4 Å². The van der Waals surface area contributed by atoms with Crippen LogP contribution in [-0.4, -0.2) is 25.0 Å². The molecule has 0 fully saturated rings. The lowest BCUT2D eigenvalue weighted by atomic mass is 10.1. The average Bonchev–Trinajstić information content (AvgIpc) is 2.60. The van der Waals surface area contributed by atoms with E-state index in [4.69, 9.17) is 4.74 Å². The van der Waals surface area contributed by atoms with Crippen LogP contribution in [0.3, 0.4) is 0 Å². The zero-order valence-corrected chi connectivity index (χ0v) is 16.5. The molecule has 2 aromatic carbocycles. The first-order valence-corrected chi connectivity index (χ1v) is 9.19. The van der Waals surface area contributed by atoms with Crippen LogP contribution in [0, 0.1) is 20.8 Å². The van der Waals surface area contributed by atoms with Crippen LogP contribution >= 0.6 is 0 Å². The molecule has 0 bridgehead atoms. The SMILES string of the molecule is CC(=O)Nc1ccc(CC(=O)NCCCOc2cc(C)cc(C)c2C)cc1. The van der Waals surface area contributed by atoms with Gasteiger partial charge in [-0.1, -0.05) is 18.2 Å². The van der Waals surface area contributed by atoms with E-state index in [0.717, 1.165) is 29.0 Å². The van der Waals surface area contributed by atoms with E-state index in [1.807, 2.05) is 18.2 Å². The fraction of sp³-hybridized carbons (Fsp3) is 0.364. The Balaban J connectivity index is 1.70. The van der Waals surface area contributed by atoms with Gasteiger partial charge in [0.15, 0.2) is 0 Å². The van der Waals surface area contributed by atoms with Crippen LogP contribution in [0.5, 0.6) is 5.75 Å². The number of ether oxygens (including phenoxy) is 1. The van der Waals surface area contributed by atoms with Crippen molar-refractivity contribution in [2.75, 3.05) is 18.5 Å². The molecule has 2 N–H and O–H groups in total. The third-order valence-corrected chi connectivity index (χ3v) is 4.30. The lowest BCUT2D eigenvalue weighted by Gasteiger charge is -2.12. The molecule has 2 amide bonds. The van der Waals surface area contributed by atoms with Gasteiger partial charge in [-0.05, 0) is 67.6 Å². The fourth-order valence-corrected chi connectivity index (χ4v) is 2.79. The highest BCUT2D eigenvalue weighted by Crippen LogP contribution is 2.23. The molecule has 0 aromatic heterocycles. The standard InChI is InChI=1S/C22H28N2O3/c1-15-12-16(2)17(3)21(13-15)27-11-5-10-23-22(26)14-19-6-8-20(9-7-19)24-18(4)25/h6-9,12-13H,5,10-11,14H2,1-4H3,(H,23,26)(H,24,25). The number of anilines is 1. The van der Waals surface area contributed by atoms with Gasteiger partial charge >= 0.3 is 0 Å². The number of hydrogen-bond donors (Lipinski definition) is 2. The van der Waals surface area contributed by atoms with Crippen LogP contribution < -0.4 is 15.4 Å². The van der Waals surface area contributed by atoms with Gasteiger partial charge in [-0.25, -0.2) is 0 Å². The normalized spacial score (nSPS) is 10.4. The summed E-state index contributed by atoms with van der Waals surface area (Å²) in [5.74, 6) is 0.779. The number of carbonyl (C=O) groups is 2. The molecular formula is C22H28N2O3. The zero-order chi connectivity index (χ0) is 19.8. The Hall–Kier alpha value is -2.82. The second-order valence-corrected chi connectivity index (χ2v) is 6.81. The summed E-state index contributed by atoms with van der Waals surface area (Å²) in [4.78, 5) is 23.0. The molecule has 0 saturated heterocycles. The van der Waals surface area contributed by atoms with Gasteiger partial charge in [0, 0.05) is 19.2 Å². The van der Waals surface area contributed by atoms with Crippen molar-refractivity contribution < 1.29 is 14.3 Å². The Bertz CT molecular complexity index is 798. The zero-order valence-electron chi connectivity index (χ0n) is 16.5. The first-order valence-electron chi connectivity index (χ1n) is 9.19. The topological polar surface area (TPSA) is 67.4 Å². The molecule has 5 nitrogen and oxygen atoms in total. The summed E-state index contributed by atoms with van der Waals surface area (Å²) in [7, 11) is 0. The second-order valence-electron chi connectivity index (χ2n) is 6.81. The fourth-order valence-electron chi connectivity index (χ4n) is 2.79. The maximum absolute atomic E-state index is 12.0. The van der Waals surface area contributed by atoms with Crippen molar-refractivity contribution in [2.45, 2.75) is 40.5 Å². The summed E-state index contributed by atoms with van der Waals surface area (Å²) in [6.07, 6.45) is 1.07. The van der Waals surface area contributed by atoms with Crippen LogP contribution in [0.4, 0.5) is 5.69 Å². The highest BCUT2D eigenvalue weighted by molar-refractivity contribution is 5.88. The highest BCUT2D eigenvalue weighted by atomic mass is 16.5. The minimum absolute atomic E-state index is 0.0233. The van der Waals surface area contributed by atoms with Gasteiger partial charge in [-0.2, -0.15) is 0 Å². The lowest BCUT2D eigenvalue weighted by molar-refractivity contribution is -0.120. The van der Waals surface area contributed by atoms with E-state index in [9.17, 15) is 9.59 Å². The maximum Gasteiger partial charge on any atom is 0.224 e. The monoisotopic (exact) mass is 368 g/mol. The molecule has 0 heterocycles. The molecule has 0 aliphatic rings. The Kier molecular flexibility index (Phi) is 7.41. The quantitative estimate of drug-likeness (QED) is 0.698. The van der Waals surface area contributed by atoms with Crippen molar-refractivity contribution in [3.8, 4) is 5.75 Å². The first kappa shape index (κ1) is 20.5. The van der Waals surface area contributed by atoms with Crippen molar-refractivity contribution in [1.82, 2.24) is 5.32 Å². The Morgan fingerprint density at radius 3 is 2.41 bits per heavy atom. The molecule has 0 aliphatic carbocycles. The van der Waals surface area contributed by atoms with Crippen LogP contribution in [0.2, 0.25) is 0 Å². The molecule has 0 aliphatic heterocycles. The largest absolute Gasteiger partial charge is 0.493 e. The summed E-state index contributed by atoms with van der Waals surface area (Å²) < 4.78 is 5.86. The van der Waals surface area contributed by atoms with Gasteiger partial charge in [0.1, 0.15) is 5.75 Å². The summed E-state index contributed by atoms with van der Waals surface area (Å²) in [6, 6.07) is 11.5. The van der Waals surface area contributed by atoms with E-state index < -0.39 is 0 Å². The smallest absolute Gasteiger partial charge is 0.224 e. The molecule has 0 spiro atoms. The number of rotatable bonds is 8. The number of nitrogens with one attached hydrogen (secondary N) is 2.